The molecule has 0 aliphatic rings. The Morgan fingerprint density at radius 2 is 2.19 bits per heavy atom. The van der Waals surface area contributed by atoms with Crippen LogP contribution in [0.4, 0.5) is 5.82 Å². The minimum absolute atomic E-state index is 0.374. The van der Waals surface area contributed by atoms with Gasteiger partial charge in [-0.25, -0.2) is 9.97 Å². The molecule has 5 nitrogen and oxygen atoms in total. The molecule has 0 saturated heterocycles. The molecular formula is C11H17N5. The molecule has 0 aromatic carbocycles. The second-order valence-electron chi connectivity index (χ2n) is 4.06. The van der Waals surface area contributed by atoms with Crippen LogP contribution >= 0.6 is 0 Å². The lowest BCUT2D eigenvalue weighted by molar-refractivity contribution is 0.616. The predicted octanol–water partition coefficient (Wildman–Crippen LogP) is 1.38. The Hall–Kier alpha value is -1.62. The summed E-state index contributed by atoms with van der Waals surface area (Å²) in [5.41, 5.74) is 12.7. The number of anilines is 1. The number of hydrogen-bond acceptors (Lipinski definition) is 4. The van der Waals surface area contributed by atoms with Crippen molar-refractivity contribution < 1.29 is 0 Å². The maximum atomic E-state index is 5.61. The molecule has 2 heterocycles. The Kier molecular flexibility index (Phi) is 3.05. The second kappa shape index (κ2) is 4.49. The first-order valence-electron chi connectivity index (χ1n) is 5.53. The highest BCUT2D eigenvalue weighted by molar-refractivity contribution is 5.72. The van der Waals surface area contributed by atoms with E-state index in [1.54, 1.807) is 6.07 Å². The molecule has 0 aliphatic heterocycles. The van der Waals surface area contributed by atoms with E-state index in [0.29, 0.717) is 17.4 Å². The van der Waals surface area contributed by atoms with E-state index in [1.807, 2.05) is 6.07 Å². The fourth-order valence-electron chi connectivity index (χ4n) is 1.72. The molecule has 1 unspecified atom stereocenters. The first kappa shape index (κ1) is 10.9. The van der Waals surface area contributed by atoms with Gasteiger partial charge in [0.2, 0.25) is 0 Å². The topological polar surface area (TPSA) is 93.6 Å². The van der Waals surface area contributed by atoms with E-state index in [1.165, 1.54) is 0 Å². The number of H-pyrrole nitrogens is 1. The van der Waals surface area contributed by atoms with Gasteiger partial charge < -0.3 is 16.5 Å². The van der Waals surface area contributed by atoms with Gasteiger partial charge in [-0.1, -0.05) is 6.92 Å². The lowest BCUT2D eigenvalue weighted by Crippen LogP contribution is -2.03. The van der Waals surface area contributed by atoms with E-state index >= 15 is 0 Å². The van der Waals surface area contributed by atoms with Gasteiger partial charge >= 0.3 is 0 Å². The van der Waals surface area contributed by atoms with Gasteiger partial charge in [0.05, 0.1) is 5.52 Å². The van der Waals surface area contributed by atoms with Crippen LogP contribution < -0.4 is 11.5 Å². The summed E-state index contributed by atoms with van der Waals surface area (Å²) in [6.07, 6.45) is 2.04. The Morgan fingerprint density at radius 3 is 2.94 bits per heavy atom. The van der Waals surface area contributed by atoms with E-state index in [2.05, 4.69) is 21.9 Å². The zero-order chi connectivity index (χ0) is 11.5. The standard InChI is InChI=1S/C11H17N5/c1-7(3-2-6-12)10-14-8-4-5-9(13)15-11(8)16-10/h4-5,7H,2-3,6,12H2,1H3,(H3,13,14,15,16). The van der Waals surface area contributed by atoms with Crippen LogP contribution in [0.1, 0.15) is 31.5 Å². The highest BCUT2D eigenvalue weighted by atomic mass is 15.0. The molecule has 0 amide bonds. The summed E-state index contributed by atoms with van der Waals surface area (Å²) in [6.45, 7) is 2.85. The molecular weight excluding hydrogens is 202 g/mol. The van der Waals surface area contributed by atoms with Gasteiger partial charge in [-0.3, -0.25) is 0 Å². The molecule has 0 spiro atoms. The molecule has 1 atom stereocenters. The highest BCUT2D eigenvalue weighted by Crippen LogP contribution is 2.20. The van der Waals surface area contributed by atoms with E-state index in [9.17, 15) is 0 Å². The summed E-state index contributed by atoms with van der Waals surface area (Å²) in [6, 6.07) is 3.68. The molecule has 0 saturated carbocycles. The molecule has 0 bridgehead atoms. The minimum atomic E-state index is 0.374. The van der Waals surface area contributed by atoms with Gasteiger partial charge in [-0.15, -0.1) is 0 Å². The Balaban J connectivity index is 2.25. The largest absolute Gasteiger partial charge is 0.384 e. The van der Waals surface area contributed by atoms with Crippen LogP contribution in [-0.2, 0) is 0 Å². The van der Waals surface area contributed by atoms with Gasteiger partial charge in [-0.05, 0) is 31.5 Å². The summed E-state index contributed by atoms with van der Waals surface area (Å²) in [5, 5.41) is 0. The second-order valence-corrected chi connectivity index (χ2v) is 4.06. The summed E-state index contributed by atoms with van der Waals surface area (Å²) in [4.78, 5) is 11.9. The summed E-state index contributed by atoms with van der Waals surface area (Å²) >= 11 is 0. The zero-order valence-corrected chi connectivity index (χ0v) is 9.40. The molecule has 86 valence electrons. The molecule has 0 radical (unpaired) electrons. The van der Waals surface area contributed by atoms with E-state index in [0.717, 1.165) is 30.7 Å². The Morgan fingerprint density at radius 1 is 1.38 bits per heavy atom. The van der Waals surface area contributed by atoms with Gasteiger partial charge in [0, 0.05) is 5.92 Å². The number of pyridine rings is 1. The van der Waals surface area contributed by atoms with Crippen LogP contribution in [-0.4, -0.2) is 21.5 Å². The number of rotatable bonds is 4. The van der Waals surface area contributed by atoms with Crippen molar-refractivity contribution in [3.8, 4) is 0 Å². The molecule has 2 aromatic heterocycles. The maximum Gasteiger partial charge on any atom is 0.179 e. The Bertz CT molecular complexity index is 476. The van der Waals surface area contributed by atoms with Crippen LogP contribution in [0, 0.1) is 0 Å². The molecule has 5 N–H and O–H groups in total. The number of aromatic nitrogens is 3. The highest BCUT2D eigenvalue weighted by Gasteiger charge is 2.10. The SMILES string of the molecule is CC(CCCN)c1nc2nc(N)ccc2[nH]1. The van der Waals surface area contributed by atoms with Crippen molar-refractivity contribution in [2.45, 2.75) is 25.7 Å². The fourth-order valence-corrected chi connectivity index (χ4v) is 1.72. The monoisotopic (exact) mass is 219 g/mol. The maximum absolute atomic E-state index is 5.61. The van der Waals surface area contributed by atoms with Crippen LogP contribution in [0.5, 0.6) is 0 Å². The van der Waals surface area contributed by atoms with Gasteiger partial charge in [0.15, 0.2) is 5.65 Å². The van der Waals surface area contributed by atoms with E-state index < -0.39 is 0 Å². The lowest BCUT2D eigenvalue weighted by Gasteiger charge is -2.05. The normalized spacial score (nSPS) is 13.1. The predicted molar refractivity (Wildman–Crippen MR) is 65.0 cm³/mol. The smallest absolute Gasteiger partial charge is 0.179 e. The van der Waals surface area contributed by atoms with E-state index in [-0.39, 0.29) is 0 Å². The lowest BCUT2D eigenvalue weighted by atomic mass is 10.1. The Labute approximate surface area is 94.3 Å². The summed E-state index contributed by atoms with van der Waals surface area (Å²) < 4.78 is 0. The number of hydrogen-bond donors (Lipinski definition) is 3. The van der Waals surface area contributed by atoms with Crippen molar-refractivity contribution in [3.05, 3.63) is 18.0 Å². The first-order valence-corrected chi connectivity index (χ1v) is 5.53. The van der Waals surface area contributed by atoms with Crippen LogP contribution in [0.3, 0.4) is 0 Å². The molecule has 0 aliphatic carbocycles. The van der Waals surface area contributed by atoms with Crippen molar-refractivity contribution in [1.82, 2.24) is 15.0 Å². The minimum Gasteiger partial charge on any atom is -0.384 e. The average Bonchev–Trinajstić information content (AvgIpc) is 2.68. The summed E-state index contributed by atoms with van der Waals surface area (Å²) in [7, 11) is 0. The quantitative estimate of drug-likeness (QED) is 0.724. The van der Waals surface area contributed by atoms with Crippen molar-refractivity contribution in [2.75, 3.05) is 12.3 Å². The zero-order valence-electron chi connectivity index (χ0n) is 9.40. The van der Waals surface area contributed by atoms with Crippen LogP contribution in [0.15, 0.2) is 12.1 Å². The summed E-state index contributed by atoms with van der Waals surface area (Å²) in [5.74, 6) is 1.83. The molecule has 2 aromatic rings. The first-order chi connectivity index (χ1) is 7.70. The molecule has 16 heavy (non-hydrogen) atoms. The van der Waals surface area contributed by atoms with Crippen LogP contribution in [0.25, 0.3) is 11.2 Å². The van der Waals surface area contributed by atoms with Gasteiger partial charge in [0.25, 0.3) is 0 Å². The van der Waals surface area contributed by atoms with Crippen LogP contribution in [0.2, 0.25) is 0 Å². The number of nitrogens with two attached hydrogens (primary N) is 2. The third kappa shape index (κ3) is 2.14. The third-order valence-electron chi connectivity index (χ3n) is 2.69. The number of nitrogen functional groups attached to an aromatic ring is 1. The molecule has 5 heteroatoms. The number of aromatic amines is 1. The number of imidazole rings is 1. The number of nitrogens with one attached hydrogen (secondary N) is 1. The average molecular weight is 219 g/mol. The van der Waals surface area contributed by atoms with Crippen molar-refractivity contribution in [3.63, 3.8) is 0 Å². The van der Waals surface area contributed by atoms with E-state index in [4.69, 9.17) is 11.5 Å². The molecule has 0 fully saturated rings. The van der Waals surface area contributed by atoms with Crippen molar-refractivity contribution in [2.24, 2.45) is 5.73 Å². The van der Waals surface area contributed by atoms with Gasteiger partial charge in [-0.2, -0.15) is 0 Å². The van der Waals surface area contributed by atoms with Crippen molar-refractivity contribution >= 4 is 17.0 Å². The number of nitrogens with zero attached hydrogens (tertiary/aromatic N) is 2. The van der Waals surface area contributed by atoms with Gasteiger partial charge in [0.1, 0.15) is 11.6 Å². The third-order valence-corrected chi connectivity index (χ3v) is 2.69. The van der Waals surface area contributed by atoms with Crippen molar-refractivity contribution in [1.29, 1.82) is 0 Å². The fraction of sp³-hybridized carbons (Fsp3) is 0.455. The number of fused-ring (bicyclic) bond motifs is 1. The molecule has 2 rings (SSSR count).